The second kappa shape index (κ2) is 8.22. The van der Waals surface area contributed by atoms with E-state index >= 15 is 0 Å². The molecule has 0 saturated heterocycles. The minimum Gasteiger partial charge on any atom is -0.490 e. The number of nitrogens with zero attached hydrogens (tertiary/aromatic N) is 1. The first-order valence-electron chi connectivity index (χ1n) is 9.07. The van der Waals surface area contributed by atoms with E-state index in [-0.39, 0.29) is 30.0 Å². The third kappa shape index (κ3) is 4.47. The molecule has 0 atom stereocenters. The number of amides is 2. The zero-order valence-electron chi connectivity index (χ0n) is 16.1. The average molecular weight is 402 g/mol. The van der Waals surface area contributed by atoms with Gasteiger partial charge in [0.15, 0.2) is 0 Å². The van der Waals surface area contributed by atoms with Crippen molar-refractivity contribution in [1.29, 1.82) is 0 Å². The molecule has 0 aromatic heterocycles. The fourth-order valence-electron chi connectivity index (χ4n) is 2.92. The Kier molecular flexibility index (Phi) is 5.93. The van der Waals surface area contributed by atoms with Crippen molar-refractivity contribution >= 4 is 35.0 Å². The summed E-state index contributed by atoms with van der Waals surface area (Å²) in [6.45, 7) is 6.45. The van der Waals surface area contributed by atoms with Crippen molar-refractivity contribution in [2.24, 2.45) is 5.41 Å². The van der Waals surface area contributed by atoms with Crippen molar-refractivity contribution in [1.82, 2.24) is 0 Å². The highest BCUT2D eigenvalue weighted by atomic mass is 32.2. The van der Waals surface area contributed by atoms with Gasteiger partial charge in [0.25, 0.3) is 0 Å². The third-order valence-corrected chi connectivity index (χ3v) is 5.46. The molecule has 0 spiro atoms. The molecule has 1 aliphatic heterocycles. The van der Waals surface area contributed by atoms with Crippen LogP contribution in [0.1, 0.15) is 20.8 Å². The van der Waals surface area contributed by atoms with E-state index in [1.54, 1.807) is 35.2 Å². The number of carbonyl (C=O) groups is 2. The fourth-order valence-corrected chi connectivity index (χ4v) is 3.61. The van der Waals surface area contributed by atoms with Crippen LogP contribution in [-0.2, 0) is 9.59 Å². The molecule has 0 bridgehead atoms. The van der Waals surface area contributed by atoms with Crippen LogP contribution in [0, 0.1) is 11.2 Å². The van der Waals surface area contributed by atoms with E-state index in [1.165, 1.54) is 23.9 Å². The zero-order valence-corrected chi connectivity index (χ0v) is 16.9. The first-order chi connectivity index (χ1) is 13.3. The molecule has 2 amide bonds. The van der Waals surface area contributed by atoms with E-state index in [4.69, 9.17) is 4.74 Å². The summed E-state index contributed by atoms with van der Waals surface area (Å²) < 4.78 is 18.8. The highest BCUT2D eigenvalue weighted by Crippen LogP contribution is 2.38. The molecule has 3 rings (SSSR count). The van der Waals surface area contributed by atoms with Gasteiger partial charge in [0.1, 0.15) is 18.2 Å². The van der Waals surface area contributed by atoms with Gasteiger partial charge in [0.2, 0.25) is 11.8 Å². The monoisotopic (exact) mass is 402 g/mol. The van der Waals surface area contributed by atoms with Gasteiger partial charge in [-0.15, -0.1) is 11.8 Å². The van der Waals surface area contributed by atoms with E-state index in [0.29, 0.717) is 23.7 Å². The van der Waals surface area contributed by atoms with Gasteiger partial charge in [-0.3, -0.25) is 9.59 Å². The Balaban J connectivity index is 1.69. The maximum atomic E-state index is 12.9. The molecule has 0 fully saturated rings. The first-order valence-corrected chi connectivity index (χ1v) is 10.1. The average Bonchev–Trinajstić information content (AvgIpc) is 2.76. The lowest BCUT2D eigenvalue weighted by Crippen LogP contribution is -2.42. The maximum absolute atomic E-state index is 12.9. The molecule has 1 aliphatic rings. The molecule has 2 aromatic rings. The predicted molar refractivity (Wildman–Crippen MR) is 109 cm³/mol. The fraction of sp³-hybridized carbons (Fsp3) is 0.333. The van der Waals surface area contributed by atoms with E-state index in [9.17, 15) is 14.0 Å². The van der Waals surface area contributed by atoms with Crippen LogP contribution in [0.25, 0.3) is 0 Å². The van der Waals surface area contributed by atoms with Crippen LogP contribution < -0.4 is 15.0 Å². The smallest absolute Gasteiger partial charge is 0.236 e. The van der Waals surface area contributed by atoms with Gasteiger partial charge >= 0.3 is 0 Å². The van der Waals surface area contributed by atoms with Crippen molar-refractivity contribution in [2.75, 3.05) is 29.1 Å². The van der Waals surface area contributed by atoms with Crippen molar-refractivity contribution in [2.45, 2.75) is 25.7 Å². The van der Waals surface area contributed by atoms with Crippen LogP contribution in [0.4, 0.5) is 15.8 Å². The number of halogens is 1. The summed E-state index contributed by atoms with van der Waals surface area (Å²) in [5, 5.41) is 2.84. The van der Waals surface area contributed by atoms with Crippen LogP contribution >= 0.6 is 11.8 Å². The molecule has 0 saturated carbocycles. The van der Waals surface area contributed by atoms with Crippen LogP contribution in [-0.4, -0.2) is 30.7 Å². The summed E-state index contributed by atoms with van der Waals surface area (Å²) in [5.41, 5.74) is 0.688. The Hall–Kier alpha value is -2.54. The number of fused-ring (bicyclic) bond motifs is 1. The molecule has 1 N–H and O–H groups in total. The topological polar surface area (TPSA) is 58.6 Å². The lowest BCUT2D eigenvalue weighted by Gasteiger charge is -2.26. The summed E-state index contributed by atoms with van der Waals surface area (Å²) in [6.07, 6.45) is 0. The molecule has 28 heavy (non-hydrogen) atoms. The highest BCUT2D eigenvalue weighted by Gasteiger charge is 2.37. The number of carbonyl (C=O) groups excluding carboxylic acids is 2. The molecular weight excluding hydrogens is 379 g/mol. The molecule has 5 nitrogen and oxygen atoms in total. The van der Waals surface area contributed by atoms with E-state index in [1.807, 2.05) is 20.8 Å². The maximum Gasteiger partial charge on any atom is 0.236 e. The minimum atomic E-state index is -0.621. The standard InChI is InChI=1S/C21H23FN2O3S/c1-4-24-17-10-7-15(11-18(17)27-13-21(2,3)20(24)26)23-19(25)12-28-16-8-5-14(22)6-9-16/h5-11H,4,12-13H2,1-3H3,(H,23,25). The van der Waals surface area contributed by atoms with Crippen LogP contribution in [0.15, 0.2) is 47.4 Å². The van der Waals surface area contributed by atoms with Crippen LogP contribution in [0.2, 0.25) is 0 Å². The minimum absolute atomic E-state index is 0.0150. The Bertz CT molecular complexity index is 884. The van der Waals surface area contributed by atoms with Crippen molar-refractivity contribution in [3.05, 3.63) is 48.3 Å². The normalized spacial score (nSPS) is 15.4. The lowest BCUT2D eigenvalue weighted by molar-refractivity contribution is -0.127. The summed E-state index contributed by atoms with van der Waals surface area (Å²) in [6, 6.07) is 11.3. The zero-order chi connectivity index (χ0) is 20.3. The molecular formula is C21H23FN2O3S. The van der Waals surface area contributed by atoms with E-state index in [0.717, 1.165) is 4.90 Å². The Labute approximate surface area is 168 Å². The molecule has 2 aromatic carbocycles. The van der Waals surface area contributed by atoms with Gasteiger partial charge in [-0.1, -0.05) is 0 Å². The van der Waals surface area contributed by atoms with Gasteiger partial charge in [-0.05, 0) is 57.2 Å². The Morgan fingerprint density at radius 1 is 1.25 bits per heavy atom. The number of rotatable bonds is 5. The predicted octanol–water partition coefficient (Wildman–Crippen LogP) is 4.33. The lowest BCUT2D eigenvalue weighted by atomic mass is 9.93. The quantitative estimate of drug-likeness (QED) is 0.757. The number of hydrogen-bond acceptors (Lipinski definition) is 4. The molecule has 0 aliphatic carbocycles. The molecule has 7 heteroatoms. The molecule has 148 valence electrons. The second-order valence-electron chi connectivity index (χ2n) is 7.20. The van der Waals surface area contributed by atoms with Gasteiger partial charge < -0.3 is 15.0 Å². The number of ether oxygens (including phenoxy) is 1. The number of benzene rings is 2. The summed E-state index contributed by atoms with van der Waals surface area (Å²) in [4.78, 5) is 27.5. The summed E-state index contributed by atoms with van der Waals surface area (Å²) in [7, 11) is 0. The largest absolute Gasteiger partial charge is 0.490 e. The summed E-state index contributed by atoms with van der Waals surface area (Å²) >= 11 is 1.33. The number of hydrogen-bond donors (Lipinski definition) is 1. The van der Waals surface area contributed by atoms with Gasteiger partial charge in [-0.2, -0.15) is 0 Å². The molecule has 0 unspecified atom stereocenters. The van der Waals surface area contributed by atoms with Crippen LogP contribution in [0.5, 0.6) is 5.75 Å². The number of nitrogens with one attached hydrogen (secondary N) is 1. The van der Waals surface area contributed by atoms with Crippen molar-refractivity contribution in [3.63, 3.8) is 0 Å². The third-order valence-electron chi connectivity index (χ3n) is 4.45. The van der Waals surface area contributed by atoms with E-state index in [2.05, 4.69) is 5.32 Å². The van der Waals surface area contributed by atoms with Crippen molar-refractivity contribution < 1.29 is 18.7 Å². The Morgan fingerprint density at radius 3 is 2.64 bits per heavy atom. The second-order valence-corrected chi connectivity index (χ2v) is 8.24. The summed E-state index contributed by atoms with van der Waals surface area (Å²) in [5.74, 6) is 0.315. The first kappa shape index (κ1) is 20.2. The highest BCUT2D eigenvalue weighted by molar-refractivity contribution is 8.00. The molecule has 1 heterocycles. The Morgan fingerprint density at radius 2 is 1.96 bits per heavy atom. The van der Waals surface area contributed by atoms with Gasteiger partial charge in [-0.25, -0.2) is 4.39 Å². The van der Waals surface area contributed by atoms with Crippen LogP contribution in [0.3, 0.4) is 0 Å². The van der Waals surface area contributed by atoms with E-state index < -0.39 is 5.41 Å². The SMILES string of the molecule is CCN1C(=O)C(C)(C)COc2cc(NC(=O)CSc3ccc(F)cc3)ccc21. The van der Waals surface area contributed by atoms with Gasteiger partial charge in [0, 0.05) is 23.2 Å². The molecule has 0 radical (unpaired) electrons. The van der Waals surface area contributed by atoms with Crippen molar-refractivity contribution in [3.8, 4) is 5.75 Å². The number of thioether (sulfide) groups is 1. The number of anilines is 2. The van der Waals surface area contributed by atoms with Gasteiger partial charge in [0.05, 0.1) is 16.9 Å².